The lowest BCUT2D eigenvalue weighted by atomic mass is 9.94. The summed E-state index contributed by atoms with van der Waals surface area (Å²) in [6, 6.07) is 7.03. The highest BCUT2D eigenvalue weighted by atomic mass is 19.2. The van der Waals surface area contributed by atoms with E-state index in [4.69, 9.17) is 14.6 Å². The predicted octanol–water partition coefficient (Wildman–Crippen LogP) is 3.07. The van der Waals surface area contributed by atoms with Gasteiger partial charge in [0.25, 0.3) is 11.8 Å². The molecule has 174 valence electrons. The van der Waals surface area contributed by atoms with Gasteiger partial charge in [0.05, 0.1) is 24.1 Å². The van der Waals surface area contributed by atoms with Gasteiger partial charge >= 0.3 is 5.97 Å². The van der Waals surface area contributed by atoms with Gasteiger partial charge in [-0.2, -0.15) is 0 Å². The van der Waals surface area contributed by atoms with E-state index in [1.54, 1.807) is 11.9 Å². The Kier molecular flexibility index (Phi) is 6.28. The molecule has 2 amide bonds. The van der Waals surface area contributed by atoms with Crippen molar-refractivity contribution >= 4 is 23.5 Å². The third-order valence-electron chi connectivity index (χ3n) is 5.85. The van der Waals surface area contributed by atoms with E-state index >= 15 is 0 Å². The van der Waals surface area contributed by atoms with Crippen LogP contribution in [0.4, 0.5) is 14.5 Å². The maximum absolute atomic E-state index is 13.4. The summed E-state index contributed by atoms with van der Waals surface area (Å²) >= 11 is 0. The number of fused-ring (bicyclic) bond motifs is 2. The first-order valence-corrected chi connectivity index (χ1v) is 10.4. The van der Waals surface area contributed by atoms with Gasteiger partial charge < -0.3 is 24.8 Å². The first-order valence-electron chi connectivity index (χ1n) is 10.4. The van der Waals surface area contributed by atoms with Crippen LogP contribution in [0.3, 0.4) is 0 Å². The smallest absolute Gasteiger partial charge is 0.305 e. The van der Waals surface area contributed by atoms with Gasteiger partial charge in [-0.25, -0.2) is 8.78 Å². The minimum atomic E-state index is -1.14. The van der Waals surface area contributed by atoms with E-state index in [0.717, 1.165) is 18.2 Å². The number of carboxylic acid groups (broad SMARTS) is 1. The molecule has 0 radical (unpaired) electrons. The van der Waals surface area contributed by atoms with Crippen LogP contribution < -0.4 is 10.1 Å². The number of anilines is 1. The number of carbonyl (C=O) groups is 3. The van der Waals surface area contributed by atoms with Crippen molar-refractivity contribution in [1.82, 2.24) is 4.90 Å². The summed E-state index contributed by atoms with van der Waals surface area (Å²) in [5, 5.41) is 11.6. The molecule has 0 aromatic heterocycles. The molecule has 0 bridgehead atoms. The average Bonchev–Trinajstić information content (AvgIpc) is 2.78. The molecule has 2 aromatic rings. The van der Waals surface area contributed by atoms with Crippen molar-refractivity contribution in [3.05, 3.63) is 59.2 Å². The van der Waals surface area contributed by atoms with Crippen LogP contribution in [0.1, 0.15) is 40.0 Å². The number of ether oxygens (including phenoxy) is 2. The molecule has 2 aromatic carbocycles. The third kappa shape index (κ3) is 4.80. The normalized spacial score (nSPS) is 22.3. The van der Waals surface area contributed by atoms with Gasteiger partial charge in [0.15, 0.2) is 11.6 Å². The molecule has 2 aliphatic heterocycles. The van der Waals surface area contributed by atoms with Crippen LogP contribution in [-0.2, 0) is 9.53 Å². The van der Waals surface area contributed by atoms with Crippen molar-refractivity contribution in [3.63, 3.8) is 0 Å². The summed E-state index contributed by atoms with van der Waals surface area (Å²) in [5.74, 6) is -3.85. The van der Waals surface area contributed by atoms with Crippen molar-refractivity contribution < 1.29 is 37.7 Å². The topological polar surface area (TPSA) is 105 Å². The maximum atomic E-state index is 13.4. The van der Waals surface area contributed by atoms with E-state index in [1.165, 1.54) is 18.2 Å². The van der Waals surface area contributed by atoms with Gasteiger partial charge in [0.2, 0.25) is 0 Å². The third-order valence-corrected chi connectivity index (χ3v) is 5.85. The van der Waals surface area contributed by atoms with Crippen molar-refractivity contribution in [2.45, 2.75) is 37.5 Å². The second-order valence-electron chi connectivity index (χ2n) is 8.06. The number of nitrogens with one attached hydrogen (secondary N) is 1. The van der Waals surface area contributed by atoms with Crippen LogP contribution in [0.5, 0.6) is 5.75 Å². The summed E-state index contributed by atoms with van der Waals surface area (Å²) in [6.45, 7) is 0.131. The van der Waals surface area contributed by atoms with Crippen molar-refractivity contribution in [2.75, 3.05) is 19.0 Å². The highest BCUT2D eigenvalue weighted by molar-refractivity contribution is 6.05. The van der Waals surface area contributed by atoms with Gasteiger partial charge in [-0.3, -0.25) is 14.4 Å². The molecule has 8 nitrogen and oxygen atoms in total. The molecule has 10 heteroatoms. The molecule has 4 rings (SSSR count). The second kappa shape index (κ2) is 9.14. The lowest BCUT2D eigenvalue weighted by molar-refractivity contribution is -0.148. The zero-order valence-corrected chi connectivity index (χ0v) is 17.7. The Bertz CT molecular complexity index is 1110. The SMILES string of the molecule is CN1C(=O)c2cc(NC(=O)c3ccc(F)c(F)c3)ccc2OC[C@@H]2O[C@H](CC(=O)O)CC[C@H]21. The van der Waals surface area contributed by atoms with Gasteiger partial charge in [0, 0.05) is 18.3 Å². The molecule has 33 heavy (non-hydrogen) atoms. The Balaban J connectivity index is 1.53. The molecule has 3 atom stereocenters. The number of rotatable bonds is 4. The van der Waals surface area contributed by atoms with E-state index < -0.39 is 35.7 Å². The number of carbonyl (C=O) groups excluding carboxylic acids is 2. The van der Waals surface area contributed by atoms with Crippen LogP contribution in [-0.4, -0.2) is 59.7 Å². The minimum absolute atomic E-state index is 0.0709. The van der Waals surface area contributed by atoms with Gasteiger partial charge in [-0.05, 0) is 49.2 Å². The zero-order valence-electron chi connectivity index (χ0n) is 17.7. The average molecular weight is 460 g/mol. The molecule has 0 saturated carbocycles. The van der Waals surface area contributed by atoms with Crippen LogP contribution in [0, 0.1) is 11.6 Å². The summed E-state index contributed by atoms with van der Waals surface area (Å²) in [7, 11) is 1.64. The number of carboxylic acids is 1. The summed E-state index contributed by atoms with van der Waals surface area (Å²) < 4.78 is 38.3. The van der Waals surface area contributed by atoms with Crippen LogP contribution in [0.25, 0.3) is 0 Å². The number of benzene rings is 2. The highest BCUT2D eigenvalue weighted by Crippen LogP contribution is 2.32. The quantitative estimate of drug-likeness (QED) is 0.727. The minimum Gasteiger partial charge on any atom is -0.490 e. The van der Waals surface area contributed by atoms with E-state index in [2.05, 4.69) is 5.32 Å². The number of halogens is 2. The number of aliphatic carboxylic acids is 1. The van der Waals surface area contributed by atoms with E-state index in [9.17, 15) is 23.2 Å². The number of amides is 2. The Morgan fingerprint density at radius 2 is 1.94 bits per heavy atom. The molecular weight excluding hydrogens is 438 g/mol. The highest BCUT2D eigenvalue weighted by Gasteiger charge is 2.39. The van der Waals surface area contributed by atoms with Crippen LogP contribution in [0.2, 0.25) is 0 Å². The van der Waals surface area contributed by atoms with Gasteiger partial charge in [0.1, 0.15) is 18.5 Å². The molecule has 1 fully saturated rings. The number of likely N-dealkylation sites (N-methyl/N-ethyl adjacent to an activating group) is 1. The van der Waals surface area contributed by atoms with Gasteiger partial charge in [-0.15, -0.1) is 0 Å². The van der Waals surface area contributed by atoms with Gasteiger partial charge in [-0.1, -0.05) is 0 Å². The Morgan fingerprint density at radius 3 is 2.67 bits per heavy atom. The molecular formula is C23H22F2N2O6. The van der Waals surface area contributed by atoms with Crippen molar-refractivity contribution in [1.29, 1.82) is 0 Å². The van der Waals surface area contributed by atoms with Crippen molar-refractivity contribution in [3.8, 4) is 5.75 Å². The van der Waals surface area contributed by atoms with E-state index in [0.29, 0.717) is 18.6 Å². The first-order chi connectivity index (χ1) is 15.7. The lowest BCUT2D eigenvalue weighted by Crippen LogP contribution is -2.53. The van der Waals surface area contributed by atoms with Crippen molar-refractivity contribution in [2.24, 2.45) is 0 Å². The Morgan fingerprint density at radius 1 is 1.15 bits per heavy atom. The second-order valence-corrected chi connectivity index (χ2v) is 8.06. The number of nitrogens with zero attached hydrogens (tertiary/aromatic N) is 1. The molecule has 1 saturated heterocycles. The van der Waals surface area contributed by atoms with E-state index in [-0.39, 0.29) is 41.8 Å². The molecule has 2 aliphatic rings. The fraction of sp³-hybridized carbons (Fsp3) is 0.348. The molecule has 2 heterocycles. The van der Waals surface area contributed by atoms with Crippen LogP contribution in [0.15, 0.2) is 36.4 Å². The zero-order chi connectivity index (χ0) is 23.7. The van der Waals surface area contributed by atoms with E-state index in [1.807, 2.05) is 0 Å². The molecule has 0 spiro atoms. The fourth-order valence-electron chi connectivity index (χ4n) is 4.14. The number of hydrogen-bond acceptors (Lipinski definition) is 5. The first kappa shape index (κ1) is 22.7. The number of hydrogen-bond donors (Lipinski definition) is 2. The molecule has 0 aliphatic carbocycles. The summed E-state index contributed by atoms with van der Waals surface area (Å²) in [5.41, 5.74) is 0.442. The Hall–Kier alpha value is -3.53. The summed E-state index contributed by atoms with van der Waals surface area (Å²) in [4.78, 5) is 38.2. The molecule has 2 N–H and O–H groups in total. The fourth-order valence-corrected chi connectivity index (χ4v) is 4.14. The monoisotopic (exact) mass is 460 g/mol. The Labute approximate surface area is 188 Å². The predicted molar refractivity (Wildman–Crippen MR) is 112 cm³/mol. The lowest BCUT2D eigenvalue weighted by Gasteiger charge is -2.42. The largest absolute Gasteiger partial charge is 0.490 e. The standard InChI is InChI=1S/C23H22F2N2O6/c1-27-18-6-4-14(10-21(28)29)33-20(18)11-32-19-7-3-13(9-15(19)23(27)31)26-22(30)12-2-5-16(24)17(25)8-12/h2-3,5,7-9,14,18,20H,4,6,10-11H2,1H3,(H,26,30)(H,28,29)/t14-,18+,20-/m0/s1. The summed E-state index contributed by atoms with van der Waals surface area (Å²) in [6.07, 6.45) is 0.0400. The van der Waals surface area contributed by atoms with Crippen LogP contribution >= 0.6 is 0 Å². The maximum Gasteiger partial charge on any atom is 0.305 e. The molecule has 0 unspecified atom stereocenters.